The van der Waals surface area contributed by atoms with Crippen molar-refractivity contribution in [2.45, 2.75) is 17.7 Å². The number of hydrogen-bond acceptors (Lipinski definition) is 5. The van der Waals surface area contributed by atoms with Crippen molar-refractivity contribution in [3.05, 3.63) is 24.3 Å². The number of nitrogens with two attached hydrogens (primary N) is 1. The van der Waals surface area contributed by atoms with E-state index in [0.29, 0.717) is 32.1 Å². The molecule has 1 aromatic rings. The number of unbranched alkanes of at least 4 members (excludes halogenated alkanes) is 1. The van der Waals surface area contributed by atoms with E-state index in [1.165, 1.54) is 12.1 Å². The van der Waals surface area contributed by atoms with Gasteiger partial charge in [-0.25, -0.2) is 13.1 Å². The van der Waals surface area contributed by atoms with Crippen LogP contribution in [0.4, 0.5) is 0 Å². The molecule has 0 aliphatic heterocycles. The third kappa shape index (κ3) is 5.87. The minimum atomic E-state index is -3.46. The molecule has 0 aliphatic rings. The van der Waals surface area contributed by atoms with E-state index < -0.39 is 10.0 Å². The highest BCUT2D eigenvalue weighted by atomic mass is 32.2. The minimum absolute atomic E-state index is 0.226. The van der Waals surface area contributed by atoms with Crippen LogP contribution in [0.5, 0.6) is 5.75 Å². The van der Waals surface area contributed by atoms with E-state index in [9.17, 15) is 8.42 Å². The summed E-state index contributed by atoms with van der Waals surface area (Å²) >= 11 is 0. The van der Waals surface area contributed by atoms with Crippen LogP contribution in [-0.2, 0) is 14.8 Å². The van der Waals surface area contributed by atoms with Crippen molar-refractivity contribution in [3.63, 3.8) is 0 Å². The van der Waals surface area contributed by atoms with Gasteiger partial charge in [-0.15, -0.1) is 0 Å². The number of sulfonamides is 1. The van der Waals surface area contributed by atoms with Gasteiger partial charge in [0.25, 0.3) is 0 Å². The maximum Gasteiger partial charge on any atom is 0.240 e. The Morgan fingerprint density at radius 1 is 1.15 bits per heavy atom. The Morgan fingerprint density at radius 3 is 2.45 bits per heavy atom. The molecule has 114 valence electrons. The smallest absolute Gasteiger partial charge is 0.240 e. The molecule has 7 heteroatoms. The highest BCUT2D eigenvalue weighted by molar-refractivity contribution is 7.89. The van der Waals surface area contributed by atoms with E-state index in [-0.39, 0.29) is 4.90 Å². The van der Waals surface area contributed by atoms with Gasteiger partial charge in [0, 0.05) is 26.8 Å². The summed E-state index contributed by atoms with van der Waals surface area (Å²) in [5.41, 5.74) is 5.33. The Hall–Kier alpha value is -1.15. The molecule has 0 saturated heterocycles. The van der Waals surface area contributed by atoms with Crippen molar-refractivity contribution in [1.82, 2.24) is 4.72 Å². The lowest BCUT2D eigenvalue weighted by Gasteiger charge is -2.08. The molecule has 20 heavy (non-hydrogen) atoms. The number of benzene rings is 1. The highest BCUT2D eigenvalue weighted by Gasteiger charge is 2.12. The number of methoxy groups -OCH3 is 1. The third-order valence-corrected chi connectivity index (χ3v) is 4.06. The van der Waals surface area contributed by atoms with E-state index in [1.807, 2.05) is 0 Å². The van der Waals surface area contributed by atoms with Crippen molar-refractivity contribution in [1.29, 1.82) is 0 Å². The number of ether oxygens (including phenoxy) is 2. The van der Waals surface area contributed by atoms with Gasteiger partial charge in [-0.2, -0.15) is 0 Å². The minimum Gasteiger partial charge on any atom is -0.492 e. The standard InChI is InChI=1S/C13H22N2O4S/c1-18-10-3-2-9-15-20(16,17)13-6-4-12(5-7-13)19-11-8-14/h4-7,15H,2-3,8-11,14H2,1H3. The summed E-state index contributed by atoms with van der Waals surface area (Å²) in [6.45, 7) is 1.86. The van der Waals surface area contributed by atoms with Gasteiger partial charge in [0.2, 0.25) is 10.0 Å². The monoisotopic (exact) mass is 302 g/mol. The second kappa shape index (κ2) is 8.91. The van der Waals surface area contributed by atoms with Crippen LogP contribution >= 0.6 is 0 Å². The second-order valence-corrected chi connectivity index (χ2v) is 5.97. The zero-order valence-electron chi connectivity index (χ0n) is 11.7. The summed E-state index contributed by atoms with van der Waals surface area (Å²) in [6, 6.07) is 6.27. The fourth-order valence-corrected chi connectivity index (χ4v) is 2.63. The van der Waals surface area contributed by atoms with Crippen molar-refractivity contribution in [2.75, 3.05) is 33.4 Å². The largest absolute Gasteiger partial charge is 0.492 e. The van der Waals surface area contributed by atoms with E-state index >= 15 is 0 Å². The molecule has 0 amide bonds. The lowest BCUT2D eigenvalue weighted by atomic mass is 10.3. The van der Waals surface area contributed by atoms with Gasteiger partial charge in [0.1, 0.15) is 12.4 Å². The van der Waals surface area contributed by atoms with Crippen LogP contribution in [0.1, 0.15) is 12.8 Å². The molecule has 0 saturated carbocycles. The van der Waals surface area contributed by atoms with E-state index in [2.05, 4.69) is 4.72 Å². The highest BCUT2D eigenvalue weighted by Crippen LogP contribution is 2.15. The molecule has 0 unspecified atom stereocenters. The molecule has 1 rings (SSSR count). The Bertz CT molecular complexity index is 474. The lowest BCUT2D eigenvalue weighted by Crippen LogP contribution is -2.25. The Kier molecular flexibility index (Phi) is 7.53. The molecule has 0 radical (unpaired) electrons. The molecule has 0 heterocycles. The number of rotatable bonds is 10. The van der Waals surface area contributed by atoms with Crippen molar-refractivity contribution in [3.8, 4) is 5.75 Å². The summed E-state index contributed by atoms with van der Waals surface area (Å²) < 4.78 is 36.7. The van der Waals surface area contributed by atoms with Crippen molar-refractivity contribution in [2.24, 2.45) is 5.73 Å². The topological polar surface area (TPSA) is 90.6 Å². The normalized spacial score (nSPS) is 11.5. The average molecular weight is 302 g/mol. The van der Waals surface area contributed by atoms with E-state index in [0.717, 1.165) is 12.8 Å². The lowest BCUT2D eigenvalue weighted by molar-refractivity contribution is 0.193. The van der Waals surface area contributed by atoms with Gasteiger partial charge in [-0.3, -0.25) is 0 Å². The maximum absolute atomic E-state index is 12.0. The summed E-state index contributed by atoms with van der Waals surface area (Å²) in [7, 11) is -1.83. The zero-order valence-corrected chi connectivity index (χ0v) is 12.5. The molecule has 0 spiro atoms. The fourth-order valence-electron chi connectivity index (χ4n) is 1.55. The van der Waals surface area contributed by atoms with Crippen LogP contribution in [0.25, 0.3) is 0 Å². The summed E-state index contributed by atoms with van der Waals surface area (Å²) in [6.07, 6.45) is 1.57. The van der Waals surface area contributed by atoms with Crippen LogP contribution in [0.15, 0.2) is 29.2 Å². The van der Waals surface area contributed by atoms with Gasteiger partial charge in [-0.1, -0.05) is 0 Å². The van der Waals surface area contributed by atoms with Crippen LogP contribution < -0.4 is 15.2 Å². The predicted octanol–water partition coefficient (Wildman–Crippen LogP) is 0.729. The van der Waals surface area contributed by atoms with Gasteiger partial charge >= 0.3 is 0 Å². The molecular weight excluding hydrogens is 280 g/mol. The maximum atomic E-state index is 12.0. The first-order valence-corrected chi connectivity index (χ1v) is 8.00. The summed E-state index contributed by atoms with van der Waals surface area (Å²) in [4.78, 5) is 0.226. The molecule has 6 nitrogen and oxygen atoms in total. The first-order chi connectivity index (χ1) is 9.60. The molecule has 0 bridgehead atoms. The first kappa shape index (κ1) is 16.9. The predicted molar refractivity (Wildman–Crippen MR) is 77.3 cm³/mol. The Morgan fingerprint density at radius 2 is 1.85 bits per heavy atom. The van der Waals surface area contributed by atoms with E-state index in [1.54, 1.807) is 19.2 Å². The fraction of sp³-hybridized carbons (Fsp3) is 0.538. The molecular formula is C13H22N2O4S. The molecule has 0 aromatic heterocycles. The van der Waals surface area contributed by atoms with Crippen molar-refractivity contribution >= 4 is 10.0 Å². The second-order valence-electron chi connectivity index (χ2n) is 4.21. The summed E-state index contributed by atoms with van der Waals surface area (Å²) in [5.74, 6) is 0.606. The Balaban J connectivity index is 2.50. The van der Waals surface area contributed by atoms with Crippen molar-refractivity contribution < 1.29 is 17.9 Å². The van der Waals surface area contributed by atoms with Gasteiger partial charge < -0.3 is 15.2 Å². The zero-order chi connectivity index (χ0) is 14.8. The molecule has 0 atom stereocenters. The van der Waals surface area contributed by atoms with Gasteiger partial charge in [0.15, 0.2) is 0 Å². The van der Waals surface area contributed by atoms with Crippen LogP contribution in [-0.4, -0.2) is 41.8 Å². The van der Waals surface area contributed by atoms with Gasteiger partial charge in [0.05, 0.1) is 4.90 Å². The summed E-state index contributed by atoms with van der Waals surface area (Å²) in [5, 5.41) is 0. The van der Waals surface area contributed by atoms with Crippen LogP contribution in [0.2, 0.25) is 0 Å². The Labute approximate surface area is 120 Å². The third-order valence-electron chi connectivity index (χ3n) is 2.59. The average Bonchev–Trinajstić information content (AvgIpc) is 2.45. The van der Waals surface area contributed by atoms with E-state index in [4.69, 9.17) is 15.2 Å². The molecule has 0 fully saturated rings. The first-order valence-electron chi connectivity index (χ1n) is 6.51. The number of hydrogen-bond donors (Lipinski definition) is 2. The van der Waals surface area contributed by atoms with Crippen LogP contribution in [0.3, 0.4) is 0 Å². The molecule has 3 N–H and O–H groups in total. The van der Waals surface area contributed by atoms with Crippen LogP contribution in [0, 0.1) is 0 Å². The number of nitrogens with one attached hydrogen (secondary N) is 1. The van der Waals surface area contributed by atoms with Gasteiger partial charge in [-0.05, 0) is 37.1 Å². The molecule has 1 aromatic carbocycles. The SMILES string of the molecule is COCCCCNS(=O)(=O)c1ccc(OCCN)cc1. The molecule has 0 aliphatic carbocycles. The quantitative estimate of drug-likeness (QED) is 0.622.